The van der Waals surface area contributed by atoms with E-state index >= 15 is 0 Å². The molecule has 0 spiro atoms. The molecular formula is C10H7F2NO2S. The smallest absolute Gasteiger partial charge is 0.255 e. The van der Waals surface area contributed by atoms with Crippen LogP contribution in [0.25, 0.3) is 10.9 Å². The molecular weight excluding hydrogens is 236 g/mol. The van der Waals surface area contributed by atoms with E-state index in [9.17, 15) is 17.2 Å². The summed E-state index contributed by atoms with van der Waals surface area (Å²) in [4.78, 5) is 3.39. The fourth-order valence-electron chi connectivity index (χ4n) is 1.40. The Labute approximate surface area is 90.7 Å². The maximum atomic E-state index is 12.4. The number of hydrogen-bond acceptors (Lipinski definition) is 3. The van der Waals surface area contributed by atoms with Crippen molar-refractivity contribution in [1.29, 1.82) is 0 Å². The molecule has 0 aliphatic rings. The molecule has 2 rings (SSSR count). The first-order valence-electron chi connectivity index (χ1n) is 4.39. The van der Waals surface area contributed by atoms with E-state index in [4.69, 9.17) is 0 Å². The standard InChI is InChI=1S/C10H7F2NO2S/c11-10(12)16(14,15)8-5-1-3-7-4-2-6-13-9(7)8/h1-6,10H. The molecule has 1 aromatic heterocycles. The minimum atomic E-state index is -4.60. The number of rotatable bonds is 2. The molecule has 0 unspecified atom stereocenters. The topological polar surface area (TPSA) is 47.0 Å². The van der Waals surface area contributed by atoms with E-state index in [0.29, 0.717) is 5.39 Å². The Balaban J connectivity index is 2.80. The van der Waals surface area contributed by atoms with Gasteiger partial charge < -0.3 is 0 Å². The van der Waals surface area contributed by atoms with E-state index in [1.54, 1.807) is 18.2 Å². The fourth-order valence-corrected chi connectivity index (χ4v) is 2.30. The first kappa shape index (κ1) is 10.9. The monoisotopic (exact) mass is 243 g/mol. The minimum absolute atomic E-state index is 0.0744. The van der Waals surface area contributed by atoms with E-state index < -0.39 is 20.5 Å². The molecule has 0 bridgehead atoms. The summed E-state index contributed by atoms with van der Waals surface area (Å²) in [6.07, 6.45) is 1.37. The average molecular weight is 243 g/mol. The second kappa shape index (κ2) is 3.79. The molecule has 0 N–H and O–H groups in total. The first-order valence-corrected chi connectivity index (χ1v) is 5.94. The number of halogens is 2. The number of aromatic nitrogens is 1. The van der Waals surface area contributed by atoms with Gasteiger partial charge in [-0.1, -0.05) is 18.2 Å². The third-order valence-corrected chi connectivity index (χ3v) is 3.55. The molecule has 6 heteroatoms. The van der Waals surface area contributed by atoms with Crippen molar-refractivity contribution < 1.29 is 17.2 Å². The zero-order valence-corrected chi connectivity index (χ0v) is 8.79. The van der Waals surface area contributed by atoms with Crippen LogP contribution < -0.4 is 0 Å². The van der Waals surface area contributed by atoms with Gasteiger partial charge in [0, 0.05) is 11.6 Å². The third-order valence-electron chi connectivity index (χ3n) is 2.14. The minimum Gasteiger partial charge on any atom is -0.255 e. The molecule has 0 aliphatic heterocycles. The molecule has 2 aromatic rings. The van der Waals surface area contributed by atoms with E-state index in [0.717, 1.165) is 6.07 Å². The molecule has 0 atom stereocenters. The zero-order valence-electron chi connectivity index (χ0n) is 7.97. The van der Waals surface area contributed by atoms with Crippen LogP contribution in [0, 0.1) is 0 Å². The van der Waals surface area contributed by atoms with Gasteiger partial charge in [0.1, 0.15) is 0 Å². The van der Waals surface area contributed by atoms with Crippen molar-refractivity contribution in [2.24, 2.45) is 0 Å². The van der Waals surface area contributed by atoms with E-state index in [-0.39, 0.29) is 5.52 Å². The number of hydrogen-bond donors (Lipinski definition) is 0. The largest absolute Gasteiger partial charge is 0.341 e. The predicted molar refractivity (Wildman–Crippen MR) is 54.9 cm³/mol. The lowest BCUT2D eigenvalue weighted by atomic mass is 10.2. The first-order chi connectivity index (χ1) is 7.53. The summed E-state index contributed by atoms with van der Waals surface area (Å²) < 4.78 is 47.5. The van der Waals surface area contributed by atoms with Gasteiger partial charge >= 0.3 is 5.76 Å². The molecule has 0 radical (unpaired) electrons. The van der Waals surface area contributed by atoms with Crippen LogP contribution in [-0.2, 0) is 9.84 Å². The Hall–Kier alpha value is -1.56. The quantitative estimate of drug-likeness (QED) is 0.812. The van der Waals surface area contributed by atoms with Crippen molar-refractivity contribution >= 4 is 20.7 Å². The van der Waals surface area contributed by atoms with Crippen LogP contribution in [0.15, 0.2) is 41.4 Å². The lowest BCUT2D eigenvalue weighted by Crippen LogP contribution is -2.12. The highest BCUT2D eigenvalue weighted by molar-refractivity contribution is 7.92. The van der Waals surface area contributed by atoms with Gasteiger partial charge in [-0.05, 0) is 12.1 Å². The van der Waals surface area contributed by atoms with Crippen LogP contribution in [0.2, 0.25) is 0 Å². The maximum absolute atomic E-state index is 12.4. The molecule has 0 aliphatic carbocycles. The Kier molecular flexibility index (Phi) is 2.59. The summed E-state index contributed by atoms with van der Waals surface area (Å²) in [5, 5.41) is 0.518. The molecule has 0 amide bonds. The molecule has 1 aromatic carbocycles. The summed E-state index contributed by atoms with van der Waals surface area (Å²) in [7, 11) is -4.60. The summed E-state index contributed by atoms with van der Waals surface area (Å²) in [5.41, 5.74) is 0.0744. The van der Waals surface area contributed by atoms with Crippen molar-refractivity contribution in [2.45, 2.75) is 10.7 Å². The van der Waals surface area contributed by atoms with Crippen molar-refractivity contribution in [3.63, 3.8) is 0 Å². The molecule has 16 heavy (non-hydrogen) atoms. The van der Waals surface area contributed by atoms with E-state index in [1.807, 2.05) is 0 Å². The second-order valence-electron chi connectivity index (χ2n) is 3.14. The SMILES string of the molecule is O=S(=O)(c1cccc2cccnc12)C(F)F. The highest BCUT2D eigenvalue weighted by Crippen LogP contribution is 2.25. The highest BCUT2D eigenvalue weighted by Gasteiger charge is 2.28. The number of pyridine rings is 1. The lowest BCUT2D eigenvalue weighted by Gasteiger charge is -2.05. The summed E-state index contributed by atoms with van der Waals surface area (Å²) in [6, 6.07) is 7.40. The van der Waals surface area contributed by atoms with Crippen LogP contribution in [0.4, 0.5) is 8.78 Å². The molecule has 0 saturated carbocycles. The van der Waals surface area contributed by atoms with Crippen LogP contribution >= 0.6 is 0 Å². The van der Waals surface area contributed by atoms with Gasteiger partial charge in [0.25, 0.3) is 0 Å². The molecule has 3 nitrogen and oxygen atoms in total. The van der Waals surface area contributed by atoms with Crippen LogP contribution in [0.5, 0.6) is 0 Å². The molecule has 0 fully saturated rings. The maximum Gasteiger partial charge on any atom is 0.341 e. The van der Waals surface area contributed by atoms with E-state index in [1.165, 1.54) is 12.3 Å². The number of para-hydroxylation sites is 1. The highest BCUT2D eigenvalue weighted by atomic mass is 32.2. The molecule has 1 heterocycles. The van der Waals surface area contributed by atoms with Gasteiger partial charge in [-0.15, -0.1) is 0 Å². The van der Waals surface area contributed by atoms with E-state index in [2.05, 4.69) is 4.98 Å². The summed E-state index contributed by atoms with van der Waals surface area (Å²) >= 11 is 0. The molecule has 84 valence electrons. The summed E-state index contributed by atoms with van der Waals surface area (Å²) in [5.74, 6) is -3.43. The second-order valence-corrected chi connectivity index (χ2v) is 5.02. The Morgan fingerprint density at radius 1 is 1.12 bits per heavy atom. The molecule has 0 saturated heterocycles. The number of fused-ring (bicyclic) bond motifs is 1. The van der Waals surface area contributed by atoms with Crippen molar-refractivity contribution in [2.75, 3.05) is 0 Å². The lowest BCUT2D eigenvalue weighted by molar-refractivity contribution is 0.235. The summed E-state index contributed by atoms with van der Waals surface area (Å²) in [6.45, 7) is 0. The Morgan fingerprint density at radius 2 is 1.81 bits per heavy atom. The Morgan fingerprint density at radius 3 is 2.50 bits per heavy atom. The van der Waals surface area contributed by atoms with Gasteiger partial charge in [0.2, 0.25) is 9.84 Å². The van der Waals surface area contributed by atoms with Crippen molar-refractivity contribution in [1.82, 2.24) is 4.98 Å². The van der Waals surface area contributed by atoms with Gasteiger partial charge in [0.05, 0.1) is 10.4 Å². The van der Waals surface area contributed by atoms with Gasteiger partial charge in [-0.25, -0.2) is 8.42 Å². The predicted octanol–water partition coefficient (Wildman–Crippen LogP) is 2.23. The number of nitrogens with zero attached hydrogens (tertiary/aromatic N) is 1. The van der Waals surface area contributed by atoms with Gasteiger partial charge in [-0.3, -0.25) is 4.98 Å². The number of alkyl halides is 2. The van der Waals surface area contributed by atoms with Crippen LogP contribution in [0.1, 0.15) is 0 Å². The van der Waals surface area contributed by atoms with Crippen molar-refractivity contribution in [3.05, 3.63) is 36.5 Å². The fraction of sp³-hybridized carbons (Fsp3) is 0.100. The number of sulfone groups is 1. The third kappa shape index (κ3) is 1.65. The van der Waals surface area contributed by atoms with Crippen LogP contribution in [0.3, 0.4) is 0 Å². The van der Waals surface area contributed by atoms with Gasteiger partial charge in [-0.2, -0.15) is 8.78 Å². The normalized spacial score (nSPS) is 12.2. The van der Waals surface area contributed by atoms with Crippen LogP contribution in [-0.4, -0.2) is 19.2 Å². The number of benzene rings is 1. The average Bonchev–Trinajstić information content (AvgIpc) is 2.28. The Bertz CT molecular complexity index is 620. The zero-order chi connectivity index (χ0) is 11.8. The van der Waals surface area contributed by atoms with Gasteiger partial charge in [0.15, 0.2) is 0 Å². The van der Waals surface area contributed by atoms with Crippen molar-refractivity contribution in [3.8, 4) is 0 Å².